The fourth-order valence-electron chi connectivity index (χ4n) is 3.99. The SMILES string of the molecule is CN(CCOc1cccc(Cl)c1)CN1C(=O)N[C@@](Cc2ccccc2)(c2ccccc2)C1=O. The van der Waals surface area contributed by atoms with E-state index in [9.17, 15) is 9.59 Å². The highest BCUT2D eigenvalue weighted by Crippen LogP contribution is 2.33. The second kappa shape index (κ2) is 10.1. The van der Waals surface area contributed by atoms with Crippen molar-refractivity contribution in [2.75, 3.05) is 26.9 Å². The molecule has 33 heavy (non-hydrogen) atoms. The van der Waals surface area contributed by atoms with E-state index in [1.165, 1.54) is 4.90 Å². The van der Waals surface area contributed by atoms with E-state index < -0.39 is 11.6 Å². The van der Waals surface area contributed by atoms with Crippen LogP contribution in [-0.2, 0) is 16.8 Å². The number of likely N-dealkylation sites (N-methyl/N-ethyl adjacent to an activating group) is 1. The van der Waals surface area contributed by atoms with Crippen LogP contribution in [0, 0.1) is 0 Å². The summed E-state index contributed by atoms with van der Waals surface area (Å²) in [5, 5.41) is 3.60. The third kappa shape index (κ3) is 5.18. The number of nitrogens with zero attached hydrogens (tertiary/aromatic N) is 2. The zero-order valence-corrected chi connectivity index (χ0v) is 19.2. The highest BCUT2D eigenvalue weighted by molar-refractivity contribution is 6.30. The molecule has 7 heteroatoms. The maximum atomic E-state index is 13.7. The van der Waals surface area contributed by atoms with Gasteiger partial charge in [0.2, 0.25) is 0 Å². The smallest absolute Gasteiger partial charge is 0.326 e. The molecule has 0 radical (unpaired) electrons. The first-order valence-corrected chi connectivity index (χ1v) is 11.2. The number of ether oxygens (including phenoxy) is 1. The number of halogens is 1. The van der Waals surface area contributed by atoms with Crippen molar-refractivity contribution in [3.05, 3.63) is 101 Å². The molecule has 6 nitrogen and oxygen atoms in total. The van der Waals surface area contributed by atoms with E-state index >= 15 is 0 Å². The molecular weight excluding hydrogens is 438 g/mol. The van der Waals surface area contributed by atoms with Gasteiger partial charge < -0.3 is 10.1 Å². The highest BCUT2D eigenvalue weighted by atomic mass is 35.5. The topological polar surface area (TPSA) is 61.9 Å². The molecule has 3 aromatic carbocycles. The molecule has 0 aromatic heterocycles. The normalized spacial score (nSPS) is 18.0. The van der Waals surface area contributed by atoms with Gasteiger partial charge in [0.1, 0.15) is 12.4 Å². The van der Waals surface area contributed by atoms with Gasteiger partial charge in [-0.05, 0) is 36.4 Å². The largest absolute Gasteiger partial charge is 0.492 e. The number of urea groups is 1. The van der Waals surface area contributed by atoms with Gasteiger partial charge in [0, 0.05) is 18.0 Å². The van der Waals surface area contributed by atoms with Crippen LogP contribution in [0.3, 0.4) is 0 Å². The minimum atomic E-state index is -1.14. The average molecular weight is 464 g/mol. The van der Waals surface area contributed by atoms with Crippen molar-refractivity contribution in [3.8, 4) is 5.75 Å². The third-order valence-electron chi connectivity index (χ3n) is 5.68. The lowest BCUT2D eigenvalue weighted by Gasteiger charge is -2.28. The van der Waals surface area contributed by atoms with Crippen LogP contribution in [0.5, 0.6) is 5.75 Å². The summed E-state index contributed by atoms with van der Waals surface area (Å²) in [6.45, 7) is 1.09. The van der Waals surface area contributed by atoms with Gasteiger partial charge in [-0.3, -0.25) is 9.69 Å². The molecule has 1 aliphatic rings. The van der Waals surface area contributed by atoms with Gasteiger partial charge in [-0.1, -0.05) is 78.3 Å². The zero-order valence-electron chi connectivity index (χ0n) is 18.4. The van der Waals surface area contributed by atoms with Crippen molar-refractivity contribution < 1.29 is 14.3 Å². The predicted molar refractivity (Wildman–Crippen MR) is 128 cm³/mol. The van der Waals surface area contributed by atoms with Gasteiger partial charge in [-0.15, -0.1) is 0 Å². The Balaban J connectivity index is 1.47. The molecule has 1 heterocycles. The van der Waals surface area contributed by atoms with Crippen LogP contribution in [-0.4, -0.2) is 48.6 Å². The van der Waals surface area contributed by atoms with E-state index in [-0.39, 0.29) is 12.6 Å². The molecule has 0 spiro atoms. The van der Waals surface area contributed by atoms with Crippen LogP contribution in [0.25, 0.3) is 0 Å². The van der Waals surface area contributed by atoms with Gasteiger partial charge in [-0.2, -0.15) is 0 Å². The summed E-state index contributed by atoms with van der Waals surface area (Å²) in [4.78, 5) is 29.8. The van der Waals surface area contributed by atoms with Crippen LogP contribution in [0.1, 0.15) is 11.1 Å². The molecule has 1 saturated heterocycles. The highest BCUT2D eigenvalue weighted by Gasteiger charge is 2.52. The molecule has 1 atom stereocenters. The van der Waals surface area contributed by atoms with Gasteiger partial charge in [0.05, 0.1) is 6.67 Å². The summed E-state index contributed by atoms with van der Waals surface area (Å²) in [5.74, 6) is 0.419. The minimum absolute atomic E-state index is 0.160. The van der Waals surface area contributed by atoms with Crippen LogP contribution in [0.2, 0.25) is 5.02 Å². The second-order valence-corrected chi connectivity index (χ2v) is 8.56. The maximum Gasteiger partial charge on any atom is 0.326 e. The number of rotatable bonds is 9. The van der Waals surface area contributed by atoms with E-state index in [0.717, 1.165) is 11.1 Å². The van der Waals surface area contributed by atoms with Crippen LogP contribution in [0.4, 0.5) is 4.79 Å². The molecule has 0 unspecified atom stereocenters. The number of hydrogen-bond donors (Lipinski definition) is 1. The first kappa shape index (κ1) is 22.8. The molecule has 0 aliphatic carbocycles. The molecule has 4 rings (SSSR count). The summed E-state index contributed by atoms with van der Waals surface area (Å²) in [7, 11) is 1.85. The van der Waals surface area contributed by atoms with Crippen molar-refractivity contribution in [1.82, 2.24) is 15.1 Å². The predicted octanol–water partition coefficient (Wildman–Crippen LogP) is 4.30. The van der Waals surface area contributed by atoms with Crippen molar-refractivity contribution in [1.29, 1.82) is 0 Å². The van der Waals surface area contributed by atoms with Crippen LogP contribution in [0.15, 0.2) is 84.9 Å². The van der Waals surface area contributed by atoms with Crippen molar-refractivity contribution >= 4 is 23.5 Å². The van der Waals surface area contributed by atoms with Gasteiger partial charge >= 0.3 is 6.03 Å². The number of hydrogen-bond acceptors (Lipinski definition) is 4. The number of imide groups is 1. The second-order valence-electron chi connectivity index (χ2n) is 8.12. The Hall–Kier alpha value is -3.35. The Morgan fingerprint density at radius 3 is 2.36 bits per heavy atom. The zero-order chi connectivity index (χ0) is 23.3. The van der Waals surface area contributed by atoms with Crippen LogP contribution >= 0.6 is 11.6 Å². The lowest BCUT2D eigenvalue weighted by Crippen LogP contribution is -2.47. The first-order valence-electron chi connectivity index (χ1n) is 10.8. The van der Waals surface area contributed by atoms with Gasteiger partial charge in [0.25, 0.3) is 5.91 Å². The van der Waals surface area contributed by atoms with Crippen LogP contribution < -0.4 is 10.1 Å². The number of amides is 3. The Labute approximate surface area is 198 Å². The molecule has 0 bridgehead atoms. The molecular formula is C26H26ClN3O3. The Morgan fingerprint density at radius 1 is 0.970 bits per heavy atom. The summed E-state index contributed by atoms with van der Waals surface area (Å²) in [5.41, 5.74) is 0.597. The quantitative estimate of drug-likeness (QED) is 0.481. The van der Waals surface area contributed by atoms with Crippen molar-refractivity contribution in [2.45, 2.75) is 12.0 Å². The molecule has 1 aliphatic heterocycles. The Bertz CT molecular complexity index is 1110. The number of benzene rings is 3. The Morgan fingerprint density at radius 2 is 1.67 bits per heavy atom. The van der Waals surface area contributed by atoms with Gasteiger partial charge in [0.15, 0.2) is 5.54 Å². The molecule has 170 valence electrons. The van der Waals surface area contributed by atoms with E-state index in [1.54, 1.807) is 12.1 Å². The summed E-state index contributed by atoms with van der Waals surface area (Å²) in [6.07, 6.45) is 0.376. The fourth-order valence-corrected chi connectivity index (χ4v) is 4.17. The standard InChI is InChI=1S/C26H26ClN3O3/c1-29(15-16-33-23-14-8-13-22(27)17-23)19-30-24(31)26(28-25(30)32,21-11-6-3-7-12-21)18-20-9-4-2-5-10-20/h2-14,17H,15-16,18-19H2,1H3,(H,28,32)/t26-/m0/s1. The number of carbonyl (C=O) groups is 2. The molecule has 0 saturated carbocycles. The summed E-state index contributed by atoms with van der Waals surface area (Å²) in [6, 6.07) is 25.9. The lowest BCUT2D eigenvalue weighted by atomic mass is 9.83. The monoisotopic (exact) mass is 463 g/mol. The Kier molecular flexibility index (Phi) is 6.96. The fraction of sp³-hybridized carbons (Fsp3) is 0.231. The maximum absolute atomic E-state index is 13.7. The lowest BCUT2D eigenvalue weighted by molar-refractivity contribution is -0.133. The van der Waals surface area contributed by atoms with E-state index in [4.69, 9.17) is 16.3 Å². The third-order valence-corrected chi connectivity index (χ3v) is 5.91. The molecule has 3 aromatic rings. The first-order chi connectivity index (χ1) is 16.0. The van der Waals surface area contributed by atoms with Crippen molar-refractivity contribution in [2.24, 2.45) is 0 Å². The minimum Gasteiger partial charge on any atom is -0.492 e. The number of carbonyl (C=O) groups excluding carboxylic acids is 2. The van der Waals surface area contributed by atoms with E-state index in [1.807, 2.05) is 84.7 Å². The molecule has 3 amide bonds. The summed E-state index contributed by atoms with van der Waals surface area (Å²) < 4.78 is 5.73. The summed E-state index contributed by atoms with van der Waals surface area (Å²) >= 11 is 5.99. The average Bonchev–Trinajstić information content (AvgIpc) is 3.05. The molecule has 1 fully saturated rings. The van der Waals surface area contributed by atoms with Gasteiger partial charge in [-0.25, -0.2) is 9.69 Å². The number of nitrogens with one attached hydrogen (secondary N) is 1. The van der Waals surface area contributed by atoms with Crippen molar-refractivity contribution in [3.63, 3.8) is 0 Å². The molecule has 1 N–H and O–H groups in total. The van der Waals surface area contributed by atoms with E-state index in [0.29, 0.717) is 30.3 Å². The van der Waals surface area contributed by atoms with E-state index in [2.05, 4.69) is 5.32 Å².